The number of hydrogen-bond acceptors (Lipinski definition) is 8. The number of aromatic nitrogens is 2. The minimum atomic E-state index is -0.648. The van der Waals surface area contributed by atoms with E-state index >= 15 is 0 Å². The highest BCUT2D eigenvalue weighted by Gasteiger charge is 2.24. The van der Waals surface area contributed by atoms with E-state index in [1.54, 1.807) is 18.2 Å². The average Bonchev–Trinajstić information content (AvgIpc) is 3.05. The second kappa shape index (κ2) is 9.17. The predicted molar refractivity (Wildman–Crippen MR) is 113 cm³/mol. The van der Waals surface area contributed by atoms with E-state index in [4.69, 9.17) is 27.9 Å². The lowest BCUT2D eigenvalue weighted by Gasteiger charge is -2.06. The van der Waals surface area contributed by atoms with E-state index in [0.717, 1.165) is 11.3 Å². The van der Waals surface area contributed by atoms with Crippen LogP contribution in [-0.4, -0.2) is 36.1 Å². The first-order valence-corrected chi connectivity index (χ1v) is 10.7. The number of halogens is 2. The van der Waals surface area contributed by atoms with Gasteiger partial charge in [0, 0.05) is 10.5 Å². The van der Waals surface area contributed by atoms with E-state index in [1.807, 2.05) is 0 Å². The zero-order chi connectivity index (χ0) is 21.1. The van der Waals surface area contributed by atoms with Gasteiger partial charge in [-0.15, -0.1) is 23.1 Å². The molecular formula is C18H14Cl2N2O5S2. The van der Waals surface area contributed by atoms with E-state index in [1.165, 1.54) is 26.0 Å². The summed E-state index contributed by atoms with van der Waals surface area (Å²) in [6.45, 7) is 0. The van der Waals surface area contributed by atoms with Crippen molar-refractivity contribution in [3.63, 3.8) is 0 Å². The normalized spacial score (nSPS) is 10.9. The van der Waals surface area contributed by atoms with Crippen LogP contribution in [0.2, 0.25) is 10.0 Å². The Morgan fingerprint density at radius 1 is 1.21 bits per heavy atom. The van der Waals surface area contributed by atoms with Crippen molar-refractivity contribution < 1.29 is 19.1 Å². The van der Waals surface area contributed by atoms with Gasteiger partial charge in [0.2, 0.25) is 0 Å². The topological polar surface area (TPSA) is 98.3 Å². The van der Waals surface area contributed by atoms with Gasteiger partial charge in [0.05, 0.1) is 41.8 Å². The molecule has 0 aliphatic rings. The molecule has 0 saturated heterocycles. The molecule has 3 aromatic rings. The van der Waals surface area contributed by atoms with Gasteiger partial charge in [-0.2, -0.15) is 0 Å². The third kappa shape index (κ3) is 4.58. The number of ether oxygens (including phenoxy) is 2. The molecule has 29 heavy (non-hydrogen) atoms. The quantitative estimate of drug-likeness (QED) is 0.426. The first kappa shape index (κ1) is 21.6. The van der Waals surface area contributed by atoms with E-state index in [2.05, 4.69) is 14.7 Å². The zero-order valence-corrected chi connectivity index (χ0v) is 18.4. The van der Waals surface area contributed by atoms with Crippen molar-refractivity contribution in [2.45, 2.75) is 17.1 Å². The third-order valence-electron chi connectivity index (χ3n) is 3.90. The summed E-state index contributed by atoms with van der Waals surface area (Å²) in [4.78, 5) is 44.9. The predicted octanol–water partition coefficient (Wildman–Crippen LogP) is 4.09. The molecule has 0 bridgehead atoms. The lowest BCUT2D eigenvalue weighted by molar-refractivity contribution is -0.139. The number of carbonyl (C=O) groups is 2. The molecular weight excluding hydrogens is 459 g/mol. The molecule has 2 heterocycles. The summed E-state index contributed by atoms with van der Waals surface area (Å²) in [5.41, 5.74) is -0.216. The maximum Gasteiger partial charge on any atom is 0.348 e. The molecule has 2 aromatic heterocycles. The Labute approximate surface area is 183 Å². The lowest BCUT2D eigenvalue weighted by atomic mass is 10.1. The van der Waals surface area contributed by atoms with Crippen LogP contribution in [0.25, 0.3) is 10.2 Å². The van der Waals surface area contributed by atoms with Crippen molar-refractivity contribution in [3.05, 3.63) is 54.9 Å². The van der Waals surface area contributed by atoms with Gasteiger partial charge in [-0.3, -0.25) is 9.59 Å². The van der Waals surface area contributed by atoms with E-state index in [-0.39, 0.29) is 22.2 Å². The molecule has 0 aliphatic carbocycles. The molecule has 3 rings (SSSR count). The molecule has 1 N–H and O–H groups in total. The maximum absolute atomic E-state index is 12.7. The Balaban J connectivity index is 2.01. The monoisotopic (exact) mass is 472 g/mol. The molecule has 1 aromatic carbocycles. The number of nitrogens with zero attached hydrogens (tertiary/aromatic N) is 1. The molecule has 11 heteroatoms. The van der Waals surface area contributed by atoms with Gasteiger partial charge in [0.25, 0.3) is 5.56 Å². The molecule has 0 saturated carbocycles. The van der Waals surface area contributed by atoms with Gasteiger partial charge in [-0.25, -0.2) is 9.78 Å². The fourth-order valence-electron chi connectivity index (χ4n) is 2.58. The molecule has 0 amide bonds. The van der Waals surface area contributed by atoms with Gasteiger partial charge in [-0.1, -0.05) is 29.3 Å². The van der Waals surface area contributed by atoms with Crippen LogP contribution in [0, 0.1) is 0 Å². The van der Waals surface area contributed by atoms with Gasteiger partial charge in [0.15, 0.2) is 0 Å². The molecule has 7 nitrogen and oxygen atoms in total. The van der Waals surface area contributed by atoms with Gasteiger partial charge in [0.1, 0.15) is 15.5 Å². The van der Waals surface area contributed by atoms with Crippen molar-refractivity contribution in [1.29, 1.82) is 0 Å². The summed E-state index contributed by atoms with van der Waals surface area (Å²) in [5, 5.41) is 1.16. The number of methoxy groups -OCH3 is 2. The number of aromatic amines is 1. The Morgan fingerprint density at radius 3 is 2.52 bits per heavy atom. The fourth-order valence-corrected chi connectivity index (χ4v) is 5.27. The summed E-state index contributed by atoms with van der Waals surface area (Å²) in [5.74, 6) is -0.551. The Bertz CT molecular complexity index is 1140. The van der Waals surface area contributed by atoms with Crippen molar-refractivity contribution in [1.82, 2.24) is 9.97 Å². The number of benzene rings is 1. The number of hydrogen-bond donors (Lipinski definition) is 1. The largest absolute Gasteiger partial charge is 0.469 e. The van der Waals surface area contributed by atoms with Crippen molar-refractivity contribution in [3.8, 4) is 0 Å². The van der Waals surface area contributed by atoms with Crippen LogP contribution in [0.3, 0.4) is 0 Å². The number of H-pyrrole nitrogens is 1. The highest BCUT2D eigenvalue weighted by atomic mass is 35.5. The number of thiophene rings is 1. The summed E-state index contributed by atoms with van der Waals surface area (Å²) < 4.78 is 9.44. The van der Waals surface area contributed by atoms with Gasteiger partial charge in [-0.05, 0) is 12.1 Å². The standard InChI is InChI=1S/C18H14Cl2N2O5S2/c1-26-12(23)6-8-13-16(24)21-11(22-17(13)29-14(8)18(25)27-2)7-28-15-9(19)4-3-5-10(15)20/h3-5H,6-7H2,1-2H3,(H,21,22,24). The Morgan fingerprint density at radius 2 is 1.90 bits per heavy atom. The molecule has 0 radical (unpaired) electrons. The van der Waals surface area contributed by atoms with Crippen LogP contribution in [0.15, 0.2) is 27.9 Å². The Kier molecular flexibility index (Phi) is 6.84. The number of carbonyl (C=O) groups excluding carboxylic acids is 2. The summed E-state index contributed by atoms with van der Waals surface area (Å²) in [6.07, 6.45) is -0.241. The maximum atomic E-state index is 12.7. The zero-order valence-electron chi connectivity index (χ0n) is 15.2. The number of thioether (sulfide) groups is 1. The molecule has 152 valence electrons. The van der Waals surface area contributed by atoms with Gasteiger partial charge >= 0.3 is 11.9 Å². The Hall–Kier alpha value is -2.07. The second-order valence-electron chi connectivity index (χ2n) is 5.69. The number of esters is 2. The molecule has 0 aliphatic heterocycles. The van der Waals surface area contributed by atoms with Crippen LogP contribution in [0.1, 0.15) is 21.1 Å². The summed E-state index contributed by atoms with van der Waals surface area (Å²) >= 11 is 14.6. The number of nitrogens with one attached hydrogen (secondary N) is 1. The van der Waals surface area contributed by atoms with Crippen LogP contribution >= 0.6 is 46.3 Å². The average molecular weight is 473 g/mol. The highest BCUT2D eigenvalue weighted by Crippen LogP contribution is 2.36. The minimum absolute atomic E-state index is 0.143. The first-order valence-electron chi connectivity index (χ1n) is 8.12. The minimum Gasteiger partial charge on any atom is -0.469 e. The smallest absolute Gasteiger partial charge is 0.348 e. The van der Waals surface area contributed by atoms with E-state index in [0.29, 0.717) is 31.3 Å². The number of rotatable bonds is 6. The SMILES string of the molecule is COC(=O)Cc1c(C(=O)OC)sc2nc(CSc3c(Cl)cccc3Cl)[nH]c(=O)c12. The first-order chi connectivity index (χ1) is 13.8. The fraction of sp³-hybridized carbons (Fsp3) is 0.222. The van der Waals surface area contributed by atoms with E-state index in [9.17, 15) is 14.4 Å². The summed E-state index contributed by atoms with van der Waals surface area (Å²) in [7, 11) is 2.45. The van der Waals surface area contributed by atoms with Crippen LogP contribution in [0.4, 0.5) is 0 Å². The summed E-state index contributed by atoms with van der Waals surface area (Å²) in [6, 6.07) is 5.18. The number of fused-ring (bicyclic) bond motifs is 1. The van der Waals surface area contributed by atoms with Crippen LogP contribution in [-0.2, 0) is 26.4 Å². The lowest BCUT2D eigenvalue weighted by Crippen LogP contribution is -2.15. The van der Waals surface area contributed by atoms with Gasteiger partial charge < -0.3 is 14.5 Å². The molecule has 0 unspecified atom stereocenters. The molecule has 0 atom stereocenters. The van der Waals surface area contributed by atoms with Crippen molar-refractivity contribution >= 4 is 68.5 Å². The van der Waals surface area contributed by atoms with Crippen LogP contribution < -0.4 is 5.56 Å². The third-order valence-corrected chi connectivity index (χ3v) is 7.01. The van der Waals surface area contributed by atoms with Crippen molar-refractivity contribution in [2.75, 3.05) is 14.2 Å². The van der Waals surface area contributed by atoms with Crippen molar-refractivity contribution in [2.24, 2.45) is 0 Å². The van der Waals surface area contributed by atoms with Crippen LogP contribution in [0.5, 0.6) is 0 Å². The van der Waals surface area contributed by atoms with E-state index < -0.39 is 17.5 Å². The highest BCUT2D eigenvalue weighted by molar-refractivity contribution is 7.98. The molecule has 0 fully saturated rings. The molecule has 0 spiro atoms. The second-order valence-corrected chi connectivity index (χ2v) is 8.49.